The first-order valence-corrected chi connectivity index (χ1v) is 11.1. The number of piperidine rings is 1. The number of guanidine groups is 1. The third-order valence-corrected chi connectivity index (χ3v) is 5.87. The van der Waals surface area contributed by atoms with Crippen LogP contribution in [0.15, 0.2) is 53.5 Å². The molecule has 0 spiro atoms. The van der Waals surface area contributed by atoms with Gasteiger partial charge >= 0.3 is 0 Å². The van der Waals surface area contributed by atoms with Crippen molar-refractivity contribution in [2.24, 2.45) is 4.99 Å². The molecule has 0 bridgehead atoms. The molecular formula is C25H37IN4O3. The highest BCUT2D eigenvalue weighted by Gasteiger charge is 2.24. The van der Waals surface area contributed by atoms with Gasteiger partial charge in [0.1, 0.15) is 11.9 Å². The first-order chi connectivity index (χ1) is 15.5. The maximum Gasteiger partial charge on any atom is 0.193 e. The number of nitrogens with zero attached hydrogens (tertiary/aromatic N) is 3. The summed E-state index contributed by atoms with van der Waals surface area (Å²) in [4.78, 5) is 9.04. The van der Waals surface area contributed by atoms with Gasteiger partial charge in [0, 0.05) is 39.5 Å². The monoisotopic (exact) mass is 568 g/mol. The first kappa shape index (κ1) is 27.0. The van der Waals surface area contributed by atoms with Crippen molar-refractivity contribution >= 4 is 29.9 Å². The van der Waals surface area contributed by atoms with Crippen molar-refractivity contribution in [2.75, 3.05) is 55.0 Å². The summed E-state index contributed by atoms with van der Waals surface area (Å²) in [5.41, 5.74) is 1.16. The Morgan fingerprint density at radius 3 is 2.30 bits per heavy atom. The van der Waals surface area contributed by atoms with Gasteiger partial charge in [-0.1, -0.05) is 24.3 Å². The van der Waals surface area contributed by atoms with E-state index < -0.39 is 0 Å². The molecule has 1 N–H and O–H groups in total. The van der Waals surface area contributed by atoms with Crippen molar-refractivity contribution in [1.82, 2.24) is 15.1 Å². The number of likely N-dealkylation sites (tertiary alicyclic amines) is 1. The number of ether oxygens (including phenoxy) is 3. The molecule has 2 aromatic carbocycles. The zero-order valence-electron chi connectivity index (χ0n) is 20.3. The summed E-state index contributed by atoms with van der Waals surface area (Å²) in [5.74, 6) is 3.34. The molecule has 1 atom stereocenters. The lowest BCUT2D eigenvalue weighted by Gasteiger charge is -2.35. The maximum absolute atomic E-state index is 6.13. The first-order valence-electron chi connectivity index (χ1n) is 11.1. The molecule has 0 radical (unpaired) electrons. The molecular weight excluding hydrogens is 531 g/mol. The van der Waals surface area contributed by atoms with Crippen LogP contribution >= 0.6 is 24.0 Å². The van der Waals surface area contributed by atoms with Gasteiger partial charge in [0.25, 0.3) is 0 Å². The van der Waals surface area contributed by atoms with E-state index in [2.05, 4.69) is 40.3 Å². The summed E-state index contributed by atoms with van der Waals surface area (Å²) >= 11 is 0. The molecule has 3 rings (SSSR count). The number of hydrogen-bond acceptors (Lipinski definition) is 5. The fourth-order valence-electron chi connectivity index (χ4n) is 4.06. The molecule has 2 aromatic rings. The van der Waals surface area contributed by atoms with Gasteiger partial charge in [-0.25, -0.2) is 0 Å². The van der Waals surface area contributed by atoms with Gasteiger partial charge in [0.05, 0.1) is 20.3 Å². The Balaban J connectivity index is 0.00000385. The molecule has 1 unspecified atom stereocenters. The lowest BCUT2D eigenvalue weighted by molar-refractivity contribution is 0.129. The molecule has 33 heavy (non-hydrogen) atoms. The minimum Gasteiger partial charge on any atom is -0.493 e. The molecule has 0 aliphatic carbocycles. The minimum atomic E-state index is 0. The highest BCUT2D eigenvalue weighted by atomic mass is 127. The maximum atomic E-state index is 6.13. The van der Waals surface area contributed by atoms with Crippen LogP contribution in [0.3, 0.4) is 0 Å². The third-order valence-electron chi connectivity index (χ3n) is 5.87. The summed E-state index contributed by atoms with van der Waals surface area (Å²) in [5, 5.41) is 3.57. The van der Waals surface area contributed by atoms with E-state index in [1.807, 2.05) is 49.5 Å². The van der Waals surface area contributed by atoms with Crippen LogP contribution < -0.4 is 19.5 Å². The summed E-state index contributed by atoms with van der Waals surface area (Å²) in [6.07, 6.45) is 2.19. The number of nitrogens with one attached hydrogen (secondary N) is 1. The van der Waals surface area contributed by atoms with Gasteiger partial charge < -0.3 is 29.3 Å². The van der Waals surface area contributed by atoms with Crippen molar-refractivity contribution in [3.8, 4) is 17.2 Å². The molecule has 1 aliphatic rings. The van der Waals surface area contributed by atoms with Crippen LogP contribution in [0.1, 0.15) is 24.4 Å². The van der Waals surface area contributed by atoms with E-state index in [9.17, 15) is 0 Å². The number of hydrogen-bond donors (Lipinski definition) is 1. The van der Waals surface area contributed by atoms with Crippen LogP contribution in [0.4, 0.5) is 0 Å². The number of halogens is 1. The van der Waals surface area contributed by atoms with E-state index in [-0.39, 0.29) is 36.1 Å². The smallest absolute Gasteiger partial charge is 0.193 e. The number of methoxy groups -OCH3 is 2. The Bertz CT molecular complexity index is 871. The fraction of sp³-hybridized carbons (Fsp3) is 0.480. The van der Waals surface area contributed by atoms with Crippen molar-refractivity contribution in [2.45, 2.75) is 25.0 Å². The lowest BCUT2D eigenvalue weighted by atomic mass is 10.0. The van der Waals surface area contributed by atoms with Gasteiger partial charge in [0.15, 0.2) is 17.5 Å². The second kappa shape index (κ2) is 13.5. The average Bonchev–Trinajstić information content (AvgIpc) is 2.82. The SMILES string of the molecule is CN=C(NCC(c1ccc(OC)c(OC)c1)N(C)C)N1CCC(Oc2ccccc2)CC1.I. The Labute approximate surface area is 215 Å². The highest BCUT2D eigenvalue weighted by molar-refractivity contribution is 14.0. The quantitative estimate of drug-likeness (QED) is 0.295. The molecule has 1 heterocycles. The largest absolute Gasteiger partial charge is 0.493 e. The van der Waals surface area contributed by atoms with E-state index in [4.69, 9.17) is 14.2 Å². The second-order valence-corrected chi connectivity index (χ2v) is 8.14. The Hall–Kier alpha value is -2.20. The van der Waals surface area contributed by atoms with Crippen LogP contribution in [0, 0.1) is 0 Å². The number of likely N-dealkylation sites (N-methyl/N-ethyl adjacent to an activating group) is 1. The van der Waals surface area contributed by atoms with Gasteiger partial charge in [-0.3, -0.25) is 4.99 Å². The normalized spacial score (nSPS) is 15.6. The van der Waals surface area contributed by atoms with Gasteiger partial charge in [-0.2, -0.15) is 0 Å². The number of para-hydroxylation sites is 1. The number of aliphatic imine (C=N–C) groups is 1. The molecule has 7 nitrogen and oxygen atoms in total. The van der Waals surface area contributed by atoms with Gasteiger partial charge in [-0.05, 0) is 43.9 Å². The van der Waals surface area contributed by atoms with Gasteiger partial charge in [0.2, 0.25) is 0 Å². The molecule has 1 aliphatic heterocycles. The average molecular weight is 569 g/mol. The molecule has 0 aromatic heterocycles. The van der Waals surface area contributed by atoms with Crippen LogP contribution in [-0.4, -0.2) is 76.9 Å². The molecule has 182 valence electrons. The van der Waals surface area contributed by atoms with E-state index in [0.717, 1.165) is 61.2 Å². The zero-order chi connectivity index (χ0) is 22.9. The topological polar surface area (TPSA) is 58.6 Å². The molecule has 0 amide bonds. The van der Waals surface area contributed by atoms with Crippen molar-refractivity contribution in [1.29, 1.82) is 0 Å². The summed E-state index contributed by atoms with van der Waals surface area (Å²) < 4.78 is 17.0. The Morgan fingerprint density at radius 2 is 1.73 bits per heavy atom. The number of rotatable bonds is 8. The van der Waals surface area contributed by atoms with E-state index in [0.29, 0.717) is 0 Å². The van der Waals surface area contributed by atoms with Crippen molar-refractivity contribution in [3.63, 3.8) is 0 Å². The van der Waals surface area contributed by atoms with Crippen LogP contribution in [-0.2, 0) is 0 Å². The predicted octanol–water partition coefficient (Wildman–Crippen LogP) is 4.04. The van der Waals surface area contributed by atoms with E-state index in [1.54, 1.807) is 14.2 Å². The van der Waals surface area contributed by atoms with E-state index >= 15 is 0 Å². The molecule has 0 saturated carbocycles. The highest BCUT2D eigenvalue weighted by Crippen LogP contribution is 2.31. The van der Waals surface area contributed by atoms with Crippen molar-refractivity contribution in [3.05, 3.63) is 54.1 Å². The van der Waals surface area contributed by atoms with Crippen LogP contribution in [0.5, 0.6) is 17.2 Å². The summed E-state index contributed by atoms with van der Waals surface area (Å²) in [6, 6.07) is 16.3. The fourth-order valence-corrected chi connectivity index (χ4v) is 4.06. The second-order valence-electron chi connectivity index (χ2n) is 8.14. The lowest BCUT2D eigenvalue weighted by Crippen LogP contribution is -2.49. The molecule has 1 saturated heterocycles. The third kappa shape index (κ3) is 7.40. The molecule has 8 heteroatoms. The Morgan fingerprint density at radius 1 is 1.06 bits per heavy atom. The summed E-state index contributed by atoms with van der Waals surface area (Å²) in [6.45, 7) is 2.57. The van der Waals surface area contributed by atoms with Gasteiger partial charge in [-0.15, -0.1) is 24.0 Å². The van der Waals surface area contributed by atoms with Crippen LogP contribution in [0.2, 0.25) is 0 Å². The Kier molecular flexibility index (Phi) is 11.1. The van der Waals surface area contributed by atoms with Crippen LogP contribution in [0.25, 0.3) is 0 Å². The zero-order valence-corrected chi connectivity index (χ0v) is 22.6. The standard InChI is InChI=1S/C25H36N4O3.HI/c1-26-25(29-15-13-21(14-16-29)32-20-9-7-6-8-10-20)27-18-22(28(2)3)19-11-12-23(30-4)24(17-19)31-5;/h6-12,17,21-22H,13-16,18H2,1-5H3,(H,26,27);1H. The molecule has 1 fully saturated rings. The predicted molar refractivity (Wildman–Crippen MR) is 144 cm³/mol. The van der Waals surface area contributed by atoms with E-state index in [1.165, 1.54) is 0 Å². The number of benzene rings is 2. The minimum absolute atomic E-state index is 0. The summed E-state index contributed by atoms with van der Waals surface area (Å²) in [7, 11) is 9.32. The van der Waals surface area contributed by atoms with Crippen molar-refractivity contribution < 1.29 is 14.2 Å².